The van der Waals surface area contributed by atoms with Crippen LogP contribution < -0.4 is 10.2 Å². The first-order chi connectivity index (χ1) is 11.1. The van der Waals surface area contributed by atoms with Crippen molar-refractivity contribution in [1.29, 1.82) is 0 Å². The lowest BCUT2D eigenvalue weighted by atomic mass is 10.1. The summed E-state index contributed by atoms with van der Waals surface area (Å²) >= 11 is 0. The summed E-state index contributed by atoms with van der Waals surface area (Å²) in [6.45, 7) is 1.91. The van der Waals surface area contributed by atoms with Gasteiger partial charge in [-0.05, 0) is 43.2 Å². The Morgan fingerprint density at radius 3 is 2.48 bits per heavy atom. The lowest BCUT2D eigenvalue weighted by Crippen LogP contribution is -2.18. The third kappa shape index (κ3) is 3.16. The standard InChI is InChI=1S/C17H15F3N2O/c18-14-7-6-13(15(19)16(14)20)17(23)21-11-4-3-5-12(10-11)22-8-1-2-9-22/h3-7,10H,1-2,8-9H2,(H,21,23). The van der Waals surface area contributed by atoms with Gasteiger partial charge in [0.1, 0.15) is 0 Å². The van der Waals surface area contributed by atoms with Crippen LogP contribution in [-0.2, 0) is 0 Å². The Kier molecular flexibility index (Phi) is 4.23. The van der Waals surface area contributed by atoms with Crippen LogP contribution in [0.15, 0.2) is 36.4 Å². The molecule has 1 fully saturated rings. The van der Waals surface area contributed by atoms with Crippen molar-refractivity contribution in [2.24, 2.45) is 0 Å². The lowest BCUT2D eigenvalue weighted by molar-refractivity contribution is 0.102. The van der Waals surface area contributed by atoms with Crippen LogP contribution in [0.2, 0.25) is 0 Å². The largest absolute Gasteiger partial charge is 0.371 e. The Labute approximate surface area is 131 Å². The number of hydrogen-bond donors (Lipinski definition) is 1. The first-order valence-electron chi connectivity index (χ1n) is 7.36. The molecule has 1 heterocycles. The molecule has 0 radical (unpaired) electrons. The molecule has 0 unspecified atom stereocenters. The van der Waals surface area contributed by atoms with Crippen LogP contribution in [0.25, 0.3) is 0 Å². The number of amides is 1. The second-order valence-corrected chi connectivity index (χ2v) is 5.42. The molecule has 0 bridgehead atoms. The predicted octanol–water partition coefficient (Wildman–Crippen LogP) is 3.96. The van der Waals surface area contributed by atoms with Crippen molar-refractivity contribution in [2.45, 2.75) is 12.8 Å². The Bertz CT molecular complexity index is 743. The molecule has 2 aromatic rings. The summed E-state index contributed by atoms with van der Waals surface area (Å²) < 4.78 is 39.8. The van der Waals surface area contributed by atoms with Crippen molar-refractivity contribution in [2.75, 3.05) is 23.3 Å². The highest BCUT2D eigenvalue weighted by atomic mass is 19.2. The van der Waals surface area contributed by atoms with Crippen LogP contribution in [0.5, 0.6) is 0 Å². The van der Waals surface area contributed by atoms with Crippen LogP contribution in [0.1, 0.15) is 23.2 Å². The van der Waals surface area contributed by atoms with Gasteiger partial charge < -0.3 is 10.2 Å². The summed E-state index contributed by atoms with van der Waals surface area (Å²) in [4.78, 5) is 14.3. The summed E-state index contributed by atoms with van der Waals surface area (Å²) in [5.74, 6) is -5.28. The normalized spacial score (nSPS) is 14.1. The van der Waals surface area contributed by atoms with Crippen molar-refractivity contribution in [3.63, 3.8) is 0 Å². The zero-order valence-corrected chi connectivity index (χ0v) is 12.3. The van der Waals surface area contributed by atoms with Gasteiger partial charge in [-0.25, -0.2) is 13.2 Å². The maximum Gasteiger partial charge on any atom is 0.258 e. The van der Waals surface area contributed by atoms with Gasteiger partial charge in [-0.2, -0.15) is 0 Å². The van der Waals surface area contributed by atoms with Crippen LogP contribution in [0.4, 0.5) is 24.5 Å². The third-order valence-corrected chi connectivity index (χ3v) is 3.86. The van der Waals surface area contributed by atoms with Gasteiger partial charge in [0.2, 0.25) is 0 Å². The quantitative estimate of drug-likeness (QED) is 0.868. The molecule has 2 aromatic carbocycles. The first-order valence-corrected chi connectivity index (χ1v) is 7.36. The molecule has 120 valence electrons. The van der Waals surface area contributed by atoms with E-state index in [2.05, 4.69) is 10.2 Å². The number of hydrogen-bond acceptors (Lipinski definition) is 2. The molecule has 0 aromatic heterocycles. The fourth-order valence-corrected chi connectivity index (χ4v) is 2.66. The zero-order chi connectivity index (χ0) is 16.4. The zero-order valence-electron chi connectivity index (χ0n) is 12.3. The molecule has 23 heavy (non-hydrogen) atoms. The molecular formula is C17H15F3N2O. The minimum atomic E-state index is -1.65. The number of carbonyl (C=O) groups is 1. The fourth-order valence-electron chi connectivity index (χ4n) is 2.66. The number of halogens is 3. The van der Waals surface area contributed by atoms with Crippen molar-refractivity contribution < 1.29 is 18.0 Å². The number of anilines is 2. The maximum atomic E-state index is 13.7. The maximum absolute atomic E-state index is 13.7. The van der Waals surface area contributed by atoms with Gasteiger partial charge >= 0.3 is 0 Å². The second kappa shape index (κ2) is 6.32. The molecule has 6 heteroatoms. The molecule has 3 nitrogen and oxygen atoms in total. The van der Waals surface area contributed by atoms with Crippen molar-refractivity contribution in [3.8, 4) is 0 Å². The molecule has 1 N–H and O–H groups in total. The van der Waals surface area contributed by atoms with E-state index in [4.69, 9.17) is 0 Å². The van der Waals surface area contributed by atoms with E-state index in [9.17, 15) is 18.0 Å². The minimum Gasteiger partial charge on any atom is -0.371 e. The monoisotopic (exact) mass is 320 g/mol. The number of carbonyl (C=O) groups excluding carboxylic acids is 1. The third-order valence-electron chi connectivity index (χ3n) is 3.86. The van der Waals surface area contributed by atoms with Crippen LogP contribution >= 0.6 is 0 Å². The van der Waals surface area contributed by atoms with Gasteiger partial charge in [-0.1, -0.05) is 6.07 Å². The van der Waals surface area contributed by atoms with E-state index in [1.807, 2.05) is 6.07 Å². The van der Waals surface area contributed by atoms with E-state index in [1.54, 1.807) is 18.2 Å². The van der Waals surface area contributed by atoms with E-state index in [0.29, 0.717) is 5.69 Å². The van der Waals surface area contributed by atoms with E-state index in [1.165, 1.54) is 0 Å². The van der Waals surface area contributed by atoms with Crippen LogP contribution in [0, 0.1) is 17.5 Å². The van der Waals surface area contributed by atoms with Crippen molar-refractivity contribution in [3.05, 3.63) is 59.4 Å². The Balaban J connectivity index is 1.80. The van der Waals surface area contributed by atoms with Gasteiger partial charge in [0.05, 0.1) is 5.56 Å². The minimum absolute atomic E-state index is 0.475. The van der Waals surface area contributed by atoms with E-state index >= 15 is 0 Å². The summed E-state index contributed by atoms with van der Waals surface area (Å²) in [6, 6.07) is 8.81. The van der Waals surface area contributed by atoms with Gasteiger partial charge in [0, 0.05) is 24.5 Å². The van der Waals surface area contributed by atoms with Crippen molar-refractivity contribution >= 4 is 17.3 Å². The molecule has 0 aliphatic carbocycles. The van der Waals surface area contributed by atoms with Crippen molar-refractivity contribution in [1.82, 2.24) is 0 Å². The van der Waals surface area contributed by atoms with Gasteiger partial charge in [-0.15, -0.1) is 0 Å². The number of nitrogens with zero attached hydrogens (tertiary/aromatic N) is 1. The Morgan fingerprint density at radius 2 is 1.74 bits per heavy atom. The van der Waals surface area contributed by atoms with Crippen LogP contribution in [0.3, 0.4) is 0 Å². The predicted molar refractivity (Wildman–Crippen MR) is 82.2 cm³/mol. The average molecular weight is 320 g/mol. The molecule has 0 spiro atoms. The number of rotatable bonds is 3. The number of benzene rings is 2. The number of nitrogens with one attached hydrogen (secondary N) is 1. The van der Waals surface area contributed by atoms with E-state index in [0.717, 1.165) is 43.8 Å². The summed E-state index contributed by atoms with van der Waals surface area (Å²) in [6.07, 6.45) is 2.24. The molecular weight excluding hydrogens is 305 g/mol. The second-order valence-electron chi connectivity index (χ2n) is 5.42. The van der Waals surface area contributed by atoms with Crippen LogP contribution in [-0.4, -0.2) is 19.0 Å². The molecule has 3 rings (SSSR count). The first kappa shape index (κ1) is 15.4. The summed E-state index contributed by atoms with van der Waals surface area (Å²) in [5.41, 5.74) is 0.907. The summed E-state index contributed by atoms with van der Waals surface area (Å²) in [7, 11) is 0. The Morgan fingerprint density at radius 1 is 1.00 bits per heavy atom. The summed E-state index contributed by atoms with van der Waals surface area (Å²) in [5, 5.41) is 2.51. The molecule has 1 aliphatic heterocycles. The highest BCUT2D eigenvalue weighted by Gasteiger charge is 2.19. The molecule has 1 amide bonds. The van der Waals surface area contributed by atoms with Gasteiger partial charge in [-0.3, -0.25) is 4.79 Å². The molecule has 1 aliphatic rings. The highest BCUT2D eigenvalue weighted by Crippen LogP contribution is 2.24. The van der Waals surface area contributed by atoms with Gasteiger partial charge in [0.15, 0.2) is 17.5 Å². The van der Waals surface area contributed by atoms with E-state index < -0.39 is 28.9 Å². The SMILES string of the molecule is O=C(Nc1cccc(N2CCCC2)c1)c1ccc(F)c(F)c1F. The fraction of sp³-hybridized carbons (Fsp3) is 0.235. The smallest absolute Gasteiger partial charge is 0.258 e. The molecule has 1 saturated heterocycles. The topological polar surface area (TPSA) is 32.3 Å². The molecule has 0 atom stereocenters. The highest BCUT2D eigenvalue weighted by molar-refractivity contribution is 6.04. The average Bonchev–Trinajstić information content (AvgIpc) is 3.07. The lowest BCUT2D eigenvalue weighted by Gasteiger charge is -2.18. The molecule has 0 saturated carbocycles. The Hall–Kier alpha value is -2.50. The van der Waals surface area contributed by atoms with Gasteiger partial charge in [0.25, 0.3) is 5.91 Å². The van der Waals surface area contributed by atoms with E-state index in [-0.39, 0.29) is 0 Å².